The zero-order valence-corrected chi connectivity index (χ0v) is 9.83. The third-order valence-electron chi connectivity index (χ3n) is 2.38. The average molecular weight is 253 g/mol. The molecule has 0 aliphatic heterocycles. The summed E-state index contributed by atoms with van der Waals surface area (Å²) in [6.45, 7) is 0. The van der Waals surface area contributed by atoms with E-state index < -0.39 is 5.82 Å². The van der Waals surface area contributed by atoms with E-state index in [0.717, 1.165) is 0 Å². The van der Waals surface area contributed by atoms with Crippen LogP contribution in [0.15, 0.2) is 36.4 Å². The molecule has 0 atom stereocenters. The summed E-state index contributed by atoms with van der Waals surface area (Å²) < 4.78 is 18.3. The van der Waals surface area contributed by atoms with Gasteiger partial charge in [-0.15, -0.1) is 0 Å². The Balaban J connectivity index is 2.58. The van der Waals surface area contributed by atoms with Gasteiger partial charge in [-0.2, -0.15) is 0 Å². The van der Waals surface area contributed by atoms with Crippen molar-refractivity contribution < 1.29 is 14.2 Å². The Hall–Kier alpha value is -1.74. The Kier molecular flexibility index (Phi) is 3.20. The van der Waals surface area contributed by atoms with Gasteiger partial charge in [-0.3, -0.25) is 0 Å². The van der Waals surface area contributed by atoms with Gasteiger partial charge in [-0.1, -0.05) is 11.6 Å². The molecule has 0 heterocycles. The molecule has 2 rings (SSSR count). The van der Waals surface area contributed by atoms with Gasteiger partial charge in [-0.25, -0.2) is 4.39 Å². The predicted octanol–water partition coefficient (Wildman–Crippen LogP) is 3.86. The Morgan fingerprint density at radius 1 is 1.18 bits per heavy atom. The van der Waals surface area contributed by atoms with Crippen molar-refractivity contribution in [2.75, 3.05) is 7.11 Å². The van der Waals surface area contributed by atoms with Crippen molar-refractivity contribution in [3.63, 3.8) is 0 Å². The minimum absolute atomic E-state index is 0.0486. The molecule has 0 unspecified atom stereocenters. The van der Waals surface area contributed by atoms with E-state index in [2.05, 4.69) is 0 Å². The third kappa shape index (κ3) is 2.50. The number of halogens is 2. The largest absolute Gasteiger partial charge is 0.507 e. The number of benzene rings is 2. The monoisotopic (exact) mass is 252 g/mol. The summed E-state index contributed by atoms with van der Waals surface area (Å²) in [5.74, 6) is 0.181. The summed E-state index contributed by atoms with van der Waals surface area (Å²) in [7, 11) is 1.52. The van der Waals surface area contributed by atoms with Gasteiger partial charge in [0.2, 0.25) is 0 Å². The highest BCUT2D eigenvalue weighted by Gasteiger charge is 2.08. The molecule has 0 radical (unpaired) electrons. The maximum atomic E-state index is 13.2. The van der Waals surface area contributed by atoms with Crippen molar-refractivity contribution in [1.82, 2.24) is 0 Å². The molecular weight excluding hydrogens is 243 g/mol. The van der Waals surface area contributed by atoms with E-state index in [-0.39, 0.29) is 10.8 Å². The predicted molar refractivity (Wildman–Crippen MR) is 65.1 cm³/mol. The molecule has 88 valence electrons. The van der Waals surface area contributed by atoms with E-state index in [9.17, 15) is 9.50 Å². The number of phenolic OH excluding ortho intramolecular Hbond substituents is 1. The first kappa shape index (κ1) is 11.7. The van der Waals surface area contributed by atoms with Gasteiger partial charge in [0.1, 0.15) is 17.3 Å². The van der Waals surface area contributed by atoms with Crippen LogP contribution in [0, 0.1) is 5.82 Å². The highest BCUT2D eigenvalue weighted by Crippen LogP contribution is 2.34. The van der Waals surface area contributed by atoms with Crippen LogP contribution in [0.25, 0.3) is 11.1 Å². The SMILES string of the molecule is COc1ccc(O)c(-c2cc(F)cc(Cl)c2)c1. The van der Waals surface area contributed by atoms with Crippen LogP contribution in [-0.4, -0.2) is 12.2 Å². The van der Waals surface area contributed by atoms with Gasteiger partial charge in [0.25, 0.3) is 0 Å². The molecule has 0 fully saturated rings. The maximum absolute atomic E-state index is 13.2. The van der Waals surface area contributed by atoms with Gasteiger partial charge in [0, 0.05) is 10.6 Å². The topological polar surface area (TPSA) is 29.5 Å². The molecule has 0 bridgehead atoms. The lowest BCUT2D eigenvalue weighted by Gasteiger charge is -2.08. The Morgan fingerprint density at radius 2 is 1.94 bits per heavy atom. The van der Waals surface area contributed by atoms with Gasteiger partial charge < -0.3 is 9.84 Å². The second-order valence-electron chi connectivity index (χ2n) is 3.54. The zero-order valence-electron chi connectivity index (χ0n) is 9.08. The molecule has 0 aliphatic carbocycles. The lowest BCUT2D eigenvalue weighted by molar-refractivity contribution is 0.412. The first-order valence-electron chi connectivity index (χ1n) is 4.93. The summed E-state index contributed by atoms with van der Waals surface area (Å²) in [5, 5.41) is 10.0. The van der Waals surface area contributed by atoms with Crippen molar-refractivity contribution in [1.29, 1.82) is 0 Å². The number of hydrogen-bond donors (Lipinski definition) is 1. The maximum Gasteiger partial charge on any atom is 0.125 e. The summed E-state index contributed by atoms with van der Waals surface area (Å²) in [6, 6.07) is 8.84. The second-order valence-corrected chi connectivity index (χ2v) is 3.98. The minimum atomic E-state index is -0.449. The fourth-order valence-electron chi connectivity index (χ4n) is 1.58. The molecule has 17 heavy (non-hydrogen) atoms. The van der Waals surface area contributed by atoms with E-state index in [1.54, 1.807) is 18.2 Å². The Bertz CT molecular complexity index is 535. The molecule has 4 heteroatoms. The van der Waals surface area contributed by atoms with E-state index in [1.807, 2.05) is 0 Å². The van der Waals surface area contributed by atoms with Gasteiger partial charge in [0.15, 0.2) is 0 Å². The smallest absolute Gasteiger partial charge is 0.125 e. The van der Waals surface area contributed by atoms with E-state index in [4.69, 9.17) is 16.3 Å². The average Bonchev–Trinajstić information content (AvgIpc) is 2.28. The fourth-order valence-corrected chi connectivity index (χ4v) is 1.80. The van der Waals surface area contributed by atoms with Crippen LogP contribution in [0.3, 0.4) is 0 Å². The van der Waals surface area contributed by atoms with Crippen molar-refractivity contribution in [3.8, 4) is 22.6 Å². The molecule has 0 saturated carbocycles. The van der Waals surface area contributed by atoms with Crippen LogP contribution < -0.4 is 4.74 Å². The first-order valence-corrected chi connectivity index (χ1v) is 5.31. The fraction of sp³-hybridized carbons (Fsp3) is 0.0769. The molecule has 0 spiro atoms. The summed E-state index contributed by atoms with van der Waals surface area (Å²) >= 11 is 5.77. The standard InChI is InChI=1S/C13H10ClFO2/c1-17-11-2-3-13(16)12(7-11)8-4-9(14)6-10(15)5-8/h2-7,16H,1H3. The van der Waals surface area contributed by atoms with Crippen LogP contribution >= 0.6 is 11.6 Å². The molecule has 0 amide bonds. The van der Waals surface area contributed by atoms with Crippen LogP contribution in [-0.2, 0) is 0 Å². The Morgan fingerprint density at radius 3 is 2.59 bits per heavy atom. The van der Waals surface area contributed by atoms with Crippen molar-refractivity contribution in [2.24, 2.45) is 0 Å². The molecule has 0 aromatic heterocycles. The van der Waals surface area contributed by atoms with Crippen molar-refractivity contribution in [3.05, 3.63) is 47.2 Å². The second kappa shape index (κ2) is 4.63. The molecular formula is C13H10ClFO2. The van der Waals surface area contributed by atoms with Crippen molar-refractivity contribution >= 4 is 11.6 Å². The molecule has 2 aromatic rings. The van der Waals surface area contributed by atoms with Crippen LogP contribution in [0.4, 0.5) is 4.39 Å². The molecule has 0 aliphatic rings. The number of rotatable bonds is 2. The van der Waals surface area contributed by atoms with Gasteiger partial charge in [-0.05, 0) is 42.0 Å². The van der Waals surface area contributed by atoms with E-state index >= 15 is 0 Å². The van der Waals surface area contributed by atoms with E-state index in [0.29, 0.717) is 16.9 Å². The summed E-state index contributed by atoms with van der Waals surface area (Å²) in [6.07, 6.45) is 0. The van der Waals surface area contributed by atoms with E-state index in [1.165, 1.54) is 25.3 Å². The number of phenols is 1. The lowest BCUT2D eigenvalue weighted by atomic mass is 10.0. The number of methoxy groups -OCH3 is 1. The molecule has 0 saturated heterocycles. The van der Waals surface area contributed by atoms with Crippen LogP contribution in [0.5, 0.6) is 11.5 Å². The molecule has 2 nitrogen and oxygen atoms in total. The Labute approximate surface area is 103 Å². The summed E-state index contributed by atoms with van der Waals surface area (Å²) in [5.41, 5.74) is 0.983. The van der Waals surface area contributed by atoms with Gasteiger partial charge >= 0.3 is 0 Å². The van der Waals surface area contributed by atoms with Crippen LogP contribution in [0.2, 0.25) is 5.02 Å². The quantitative estimate of drug-likeness (QED) is 0.879. The third-order valence-corrected chi connectivity index (χ3v) is 2.60. The first-order chi connectivity index (χ1) is 8.10. The minimum Gasteiger partial charge on any atom is -0.507 e. The normalized spacial score (nSPS) is 10.3. The molecule has 2 aromatic carbocycles. The highest BCUT2D eigenvalue weighted by atomic mass is 35.5. The van der Waals surface area contributed by atoms with Crippen molar-refractivity contribution in [2.45, 2.75) is 0 Å². The number of aromatic hydroxyl groups is 1. The molecule has 1 N–H and O–H groups in total. The van der Waals surface area contributed by atoms with Gasteiger partial charge in [0.05, 0.1) is 7.11 Å². The van der Waals surface area contributed by atoms with Crippen LogP contribution in [0.1, 0.15) is 0 Å². The summed E-state index contributed by atoms with van der Waals surface area (Å²) in [4.78, 5) is 0. The number of hydrogen-bond acceptors (Lipinski definition) is 2. The highest BCUT2D eigenvalue weighted by molar-refractivity contribution is 6.30. The zero-order chi connectivity index (χ0) is 12.4. The number of ether oxygens (including phenoxy) is 1. The lowest BCUT2D eigenvalue weighted by Crippen LogP contribution is -1.86.